The summed E-state index contributed by atoms with van der Waals surface area (Å²) in [5, 5.41) is 4.34. The van der Waals surface area contributed by atoms with Crippen LogP contribution < -0.4 is 0 Å². The first-order chi connectivity index (χ1) is 7.66. The topological polar surface area (TPSA) is 101 Å². The van der Waals surface area contributed by atoms with E-state index in [0.29, 0.717) is 12.8 Å². The Balaban J connectivity index is 2.72. The Labute approximate surface area is 96.3 Å². The molecule has 1 fully saturated rings. The van der Waals surface area contributed by atoms with Gasteiger partial charge in [0, 0.05) is 0 Å². The number of halogens is 2. The minimum Gasteiger partial charge on any atom is -0.454 e. The van der Waals surface area contributed by atoms with Crippen LogP contribution in [0.5, 0.6) is 0 Å². The van der Waals surface area contributed by atoms with Gasteiger partial charge in [0.25, 0.3) is 0 Å². The summed E-state index contributed by atoms with van der Waals surface area (Å²) in [5.41, 5.74) is 0. The Morgan fingerprint density at radius 2 is 1.82 bits per heavy atom. The first-order valence-corrected chi connectivity index (χ1v) is 6.34. The summed E-state index contributed by atoms with van der Waals surface area (Å²) < 4.78 is 58.5. The summed E-state index contributed by atoms with van der Waals surface area (Å²) in [6, 6.07) is 0. The average molecular weight is 274 g/mol. The normalized spacial score (nSPS) is 26.6. The van der Waals surface area contributed by atoms with E-state index in [1.807, 2.05) is 0 Å². The van der Waals surface area contributed by atoms with Crippen LogP contribution in [-0.4, -0.2) is 41.5 Å². The first kappa shape index (κ1) is 14.3. The van der Waals surface area contributed by atoms with Crippen LogP contribution in [0.4, 0.5) is 8.78 Å². The largest absolute Gasteiger partial charge is 0.465 e. The molecule has 0 aromatic carbocycles. The molecule has 2 atom stereocenters. The van der Waals surface area contributed by atoms with Crippen LogP contribution in [0, 0.1) is 0 Å². The van der Waals surface area contributed by atoms with E-state index in [0.717, 1.165) is 0 Å². The van der Waals surface area contributed by atoms with E-state index in [1.54, 1.807) is 0 Å². The molecule has 0 aromatic rings. The molecular formula is C8H12F2O6S. The van der Waals surface area contributed by atoms with Gasteiger partial charge in [-0.2, -0.15) is 17.2 Å². The molecule has 0 aromatic heterocycles. The van der Waals surface area contributed by atoms with E-state index in [1.165, 1.54) is 0 Å². The van der Waals surface area contributed by atoms with Crippen LogP contribution in [0.15, 0.2) is 0 Å². The van der Waals surface area contributed by atoms with Crippen molar-refractivity contribution in [2.45, 2.75) is 43.1 Å². The van der Waals surface area contributed by atoms with Crippen molar-refractivity contribution in [2.24, 2.45) is 0 Å². The number of hydrogen-bond donors (Lipinski definition) is 2. The van der Waals surface area contributed by atoms with Crippen molar-refractivity contribution in [3.63, 3.8) is 0 Å². The van der Waals surface area contributed by atoms with Crippen molar-refractivity contribution in [1.82, 2.24) is 0 Å². The molecule has 17 heavy (non-hydrogen) atoms. The lowest BCUT2D eigenvalue weighted by Gasteiger charge is -2.28. The van der Waals surface area contributed by atoms with Gasteiger partial charge < -0.3 is 9.84 Å². The third-order valence-corrected chi connectivity index (χ3v) is 3.30. The molecule has 0 bridgehead atoms. The molecule has 9 heteroatoms. The highest BCUT2D eigenvalue weighted by molar-refractivity contribution is 7.87. The number of aliphatic hydroxyl groups excluding tert-OH is 1. The number of hydrogen-bond acceptors (Lipinski definition) is 5. The number of carbonyl (C=O) groups is 1. The maximum absolute atomic E-state index is 12.8. The molecule has 0 aliphatic heterocycles. The molecule has 0 saturated heterocycles. The standard InChI is InChI=1S/C8H12F2O6S/c9-8(10,17(13,14)15)7(12)16-6-4-2-1-3-5(6)11/h5-6,11H,1-4H2,(H,13,14,15). The Morgan fingerprint density at radius 3 is 2.29 bits per heavy atom. The van der Waals surface area contributed by atoms with Crippen molar-refractivity contribution in [1.29, 1.82) is 0 Å². The van der Waals surface area contributed by atoms with Gasteiger partial charge in [-0.15, -0.1) is 0 Å². The Kier molecular flexibility index (Phi) is 4.05. The summed E-state index contributed by atoms with van der Waals surface area (Å²) in [4.78, 5) is 10.9. The van der Waals surface area contributed by atoms with Gasteiger partial charge in [0.15, 0.2) is 0 Å². The molecule has 2 unspecified atom stereocenters. The van der Waals surface area contributed by atoms with Crippen molar-refractivity contribution >= 4 is 16.1 Å². The zero-order valence-electron chi connectivity index (χ0n) is 8.67. The van der Waals surface area contributed by atoms with Crippen LogP contribution in [0.1, 0.15) is 25.7 Å². The number of alkyl halides is 2. The lowest BCUT2D eigenvalue weighted by molar-refractivity contribution is -0.175. The lowest BCUT2D eigenvalue weighted by Crippen LogP contribution is -2.44. The minimum absolute atomic E-state index is 0.175. The van der Waals surface area contributed by atoms with Gasteiger partial charge in [-0.05, 0) is 19.3 Å². The predicted octanol–water partition coefficient (Wildman–Crippen LogP) is 0.314. The first-order valence-electron chi connectivity index (χ1n) is 4.90. The smallest absolute Gasteiger partial charge is 0.454 e. The lowest BCUT2D eigenvalue weighted by atomic mass is 9.95. The monoisotopic (exact) mass is 274 g/mol. The average Bonchev–Trinajstić information content (AvgIpc) is 2.19. The second-order valence-corrected chi connectivity index (χ2v) is 5.25. The zero-order chi connectivity index (χ0) is 13.3. The van der Waals surface area contributed by atoms with Gasteiger partial charge in [0.05, 0.1) is 6.10 Å². The summed E-state index contributed by atoms with van der Waals surface area (Å²) in [5.74, 6) is -2.37. The van der Waals surface area contributed by atoms with Gasteiger partial charge in [-0.3, -0.25) is 4.55 Å². The fourth-order valence-electron chi connectivity index (χ4n) is 1.53. The number of aliphatic hydroxyl groups is 1. The van der Waals surface area contributed by atoms with Crippen molar-refractivity contribution in [2.75, 3.05) is 0 Å². The second kappa shape index (κ2) is 4.83. The van der Waals surface area contributed by atoms with Crippen molar-refractivity contribution < 1.29 is 36.4 Å². The summed E-state index contributed by atoms with van der Waals surface area (Å²) in [6.07, 6.45) is -0.547. The highest BCUT2D eigenvalue weighted by Gasteiger charge is 2.55. The second-order valence-electron chi connectivity index (χ2n) is 3.79. The van der Waals surface area contributed by atoms with Gasteiger partial charge >= 0.3 is 21.3 Å². The van der Waals surface area contributed by atoms with Crippen LogP contribution in [0.2, 0.25) is 0 Å². The van der Waals surface area contributed by atoms with E-state index in [-0.39, 0.29) is 12.8 Å². The molecule has 100 valence electrons. The maximum atomic E-state index is 12.8. The number of esters is 1. The third kappa shape index (κ3) is 3.11. The molecule has 0 spiro atoms. The molecular weight excluding hydrogens is 262 g/mol. The molecule has 0 heterocycles. The van der Waals surface area contributed by atoms with Crippen molar-refractivity contribution in [3.05, 3.63) is 0 Å². The molecule has 0 amide bonds. The van der Waals surface area contributed by atoms with Crippen molar-refractivity contribution in [3.8, 4) is 0 Å². The Bertz CT molecular complexity index is 393. The zero-order valence-corrected chi connectivity index (χ0v) is 9.49. The highest BCUT2D eigenvalue weighted by atomic mass is 32.2. The summed E-state index contributed by atoms with van der Waals surface area (Å²) in [6.45, 7) is 0. The minimum atomic E-state index is -5.86. The van der Waals surface area contributed by atoms with Gasteiger partial charge in [0.2, 0.25) is 0 Å². The third-order valence-electron chi connectivity index (χ3n) is 2.49. The molecule has 6 nitrogen and oxygen atoms in total. The molecule has 1 rings (SSSR count). The fourth-order valence-corrected chi connectivity index (χ4v) is 1.78. The number of ether oxygens (including phenoxy) is 1. The summed E-state index contributed by atoms with van der Waals surface area (Å²) >= 11 is 0. The molecule has 1 saturated carbocycles. The van der Waals surface area contributed by atoms with Gasteiger partial charge in [-0.25, -0.2) is 4.79 Å². The summed E-state index contributed by atoms with van der Waals surface area (Å²) in [7, 11) is -5.86. The quantitative estimate of drug-likeness (QED) is 0.567. The van der Waals surface area contributed by atoms with E-state index >= 15 is 0 Å². The van der Waals surface area contributed by atoms with Gasteiger partial charge in [0.1, 0.15) is 6.10 Å². The van der Waals surface area contributed by atoms with E-state index in [9.17, 15) is 27.1 Å². The Hall–Kier alpha value is -0.800. The van der Waals surface area contributed by atoms with Gasteiger partial charge in [-0.1, -0.05) is 6.42 Å². The molecule has 2 N–H and O–H groups in total. The molecule has 1 aliphatic carbocycles. The maximum Gasteiger partial charge on any atom is 0.465 e. The predicted molar refractivity (Wildman–Crippen MR) is 50.9 cm³/mol. The Morgan fingerprint density at radius 1 is 1.29 bits per heavy atom. The van der Waals surface area contributed by atoms with E-state index < -0.39 is 33.5 Å². The molecule has 0 radical (unpaired) electrons. The highest BCUT2D eigenvalue weighted by Crippen LogP contribution is 2.27. The van der Waals surface area contributed by atoms with E-state index in [4.69, 9.17) is 4.55 Å². The number of rotatable bonds is 3. The van der Waals surface area contributed by atoms with E-state index in [2.05, 4.69) is 4.74 Å². The van der Waals surface area contributed by atoms with Crippen LogP contribution in [0.3, 0.4) is 0 Å². The fraction of sp³-hybridized carbons (Fsp3) is 0.875. The molecule has 1 aliphatic rings. The van der Waals surface area contributed by atoms with Crippen LogP contribution >= 0.6 is 0 Å². The van der Waals surface area contributed by atoms with Crippen LogP contribution in [-0.2, 0) is 19.6 Å². The van der Waals surface area contributed by atoms with Crippen LogP contribution in [0.25, 0.3) is 0 Å². The number of carbonyl (C=O) groups excluding carboxylic acids is 1. The SMILES string of the molecule is O=C(OC1CCCCC1O)C(F)(F)S(=O)(=O)O.